The molecule has 1 aliphatic heterocycles. The number of pyridine rings is 1. The maximum absolute atomic E-state index is 11.5. The van der Waals surface area contributed by atoms with E-state index in [4.69, 9.17) is 4.74 Å². The minimum Gasteiger partial charge on any atom is -0.465 e. The molecule has 0 spiro atoms. The number of anilines is 1. The number of nitrogens with one attached hydrogen (secondary N) is 2. The summed E-state index contributed by atoms with van der Waals surface area (Å²) in [4.78, 5) is 15.8. The van der Waals surface area contributed by atoms with Crippen molar-refractivity contribution in [2.75, 3.05) is 25.5 Å². The van der Waals surface area contributed by atoms with Crippen molar-refractivity contribution < 1.29 is 9.53 Å². The van der Waals surface area contributed by atoms with E-state index in [1.165, 1.54) is 12.7 Å². The van der Waals surface area contributed by atoms with Gasteiger partial charge in [-0.3, -0.25) is 0 Å². The van der Waals surface area contributed by atoms with Gasteiger partial charge in [-0.25, -0.2) is 9.78 Å². The van der Waals surface area contributed by atoms with E-state index in [0.717, 1.165) is 31.7 Å². The second kappa shape index (κ2) is 6.79. The van der Waals surface area contributed by atoms with Gasteiger partial charge in [0.2, 0.25) is 0 Å². The molecule has 1 aliphatic rings. The van der Waals surface area contributed by atoms with Crippen molar-refractivity contribution in [1.82, 2.24) is 10.3 Å². The Hall–Kier alpha value is -2.40. The van der Waals surface area contributed by atoms with E-state index in [-0.39, 0.29) is 11.5 Å². The quantitative estimate of drug-likeness (QED) is 0.829. The van der Waals surface area contributed by atoms with Gasteiger partial charge in [-0.2, -0.15) is 0 Å². The summed E-state index contributed by atoms with van der Waals surface area (Å²) in [5.41, 5.74) is 1.70. The maximum Gasteiger partial charge on any atom is 0.339 e. The summed E-state index contributed by atoms with van der Waals surface area (Å²) in [6.07, 6.45) is 3.51. The van der Waals surface area contributed by atoms with Crippen LogP contribution in [-0.2, 0) is 11.2 Å². The molecule has 120 valence electrons. The van der Waals surface area contributed by atoms with Crippen molar-refractivity contribution in [1.29, 1.82) is 0 Å². The Labute approximate surface area is 136 Å². The SMILES string of the molecule is COC(=O)c1ccc(N[C@]2(Cc3ccccc3)CCNC2)nc1. The maximum atomic E-state index is 11.5. The number of benzene rings is 1. The average Bonchev–Trinajstić information content (AvgIpc) is 3.04. The monoisotopic (exact) mass is 311 g/mol. The van der Waals surface area contributed by atoms with Gasteiger partial charge in [0, 0.05) is 12.7 Å². The van der Waals surface area contributed by atoms with Crippen molar-refractivity contribution in [2.45, 2.75) is 18.4 Å². The van der Waals surface area contributed by atoms with Crippen LogP contribution in [0.4, 0.5) is 5.82 Å². The first-order chi connectivity index (χ1) is 11.2. The van der Waals surface area contributed by atoms with E-state index in [9.17, 15) is 4.79 Å². The highest BCUT2D eigenvalue weighted by atomic mass is 16.5. The molecule has 23 heavy (non-hydrogen) atoms. The molecule has 0 amide bonds. The number of ether oxygens (including phenoxy) is 1. The number of carbonyl (C=O) groups is 1. The molecule has 0 saturated carbocycles. The number of methoxy groups -OCH3 is 1. The number of carbonyl (C=O) groups excluding carboxylic acids is 1. The molecular weight excluding hydrogens is 290 g/mol. The zero-order valence-electron chi connectivity index (χ0n) is 13.2. The van der Waals surface area contributed by atoms with Crippen LogP contribution in [0.1, 0.15) is 22.3 Å². The lowest BCUT2D eigenvalue weighted by Gasteiger charge is -2.30. The molecule has 1 saturated heterocycles. The van der Waals surface area contributed by atoms with Crippen molar-refractivity contribution in [3.05, 3.63) is 59.8 Å². The predicted molar refractivity (Wildman–Crippen MR) is 89.6 cm³/mol. The first-order valence-electron chi connectivity index (χ1n) is 7.78. The molecule has 3 rings (SSSR count). The van der Waals surface area contributed by atoms with Crippen molar-refractivity contribution >= 4 is 11.8 Å². The summed E-state index contributed by atoms with van der Waals surface area (Å²) in [7, 11) is 1.37. The summed E-state index contributed by atoms with van der Waals surface area (Å²) in [5, 5.41) is 6.99. The third-order valence-corrected chi connectivity index (χ3v) is 4.21. The molecule has 1 atom stereocenters. The van der Waals surface area contributed by atoms with Crippen LogP contribution in [0.25, 0.3) is 0 Å². The molecule has 2 aromatic rings. The van der Waals surface area contributed by atoms with Crippen LogP contribution in [0, 0.1) is 0 Å². The smallest absolute Gasteiger partial charge is 0.339 e. The molecule has 0 bridgehead atoms. The molecule has 5 nitrogen and oxygen atoms in total. The van der Waals surface area contributed by atoms with Crippen LogP contribution in [0.5, 0.6) is 0 Å². The van der Waals surface area contributed by atoms with E-state index in [0.29, 0.717) is 5.56 Å². The Balaban J connectivity index is 1.76. The van der Waals surface area contributed by atoms with Crippen molar-refractivity contribution in [3.8, 4) is 0 Å². The lowest BCUT2D eigenvalue weighted by atomic mass is 9.90. The summed E-state index contributed by atoms with van der Waals surface area (Å²) in [6, 6.07) is 14.0. The molecule has 1 aromatic heterocycles. The number of hydrogen-bond donors (Lipinski definition) is 2. The van der Waals surface area contributed by atoms with Crippen LogP contribution in [0.2, 0.25) is 0 Å². The number of aromatic nitrogens is 1. The number of hydrogen-bond acceptors (Lipinski definition) is 5. The fraction of sp³-hybridized carbons (Fsp3) is 0.333. The number of nitrogens with zero attached hydrogens (tertiary/aromatic N) is 1. The Morgan fingerprint density at radius 1 is 1.30 bits per heavy atom. The highest BCUT2D eigenvalue weighted by Crippen LogP contribution is 2.25. The van der Waals surface area contributed by atoms with Crippen LogP contribution >= 0.6 is 0 Å². The second-order valence-electron chi connectivity index (χ2n) is 5.92. The zero-order chi connectivity index (χ0) is 16.1. The van der Waals surface area contributed by atoms with Crippen LogP contribution in [0.3, 0.4) is 0 Å². The zero-order valence-corrected chi connectivity index (χ0v) is 13.2. The Morgan fingerprint density at radius 2 is 2.13 bits per heavy atom. The largest absolute Gasteiger partial charge is 0.465 e. The van der Waals surface area contributed by atoms with Crippen LogP contribution < -0.4 is 10.6 Å². The molecule has 1 fully saturated rings. The standard InChI is InChI=1S/C18H21N3O2/c1-23-17(22)15-7-8-16(20-12-15)21-18(9-10-19-13-18)11-14-5-3-2-4-6-14/h2-8,12,19H,9-11,13H2,1H3,(H,20,21)/t18-/m0/s1. The minimum atomic E-state index is -0.370. The minimum absolute atomic E-state index is 0.0544. The molecule has 0 aliphatic carbocycles. The van der Waals surface area contributed by atoms with E-state index >= 15 is 0 Å². The van der Waals surface area contributed by atoms with Gasteiger partial charge in [0.25, 0.3) is 0 Å². The number of rotatable bonds is 5. The lowest BCUT2D eigenvalue weighted by molar-refractivity contribution is 0.0600. The Morgan fingerprint density at radius 3 is 2.74 bits per heavy atom. The first-order valence-corrected chi connectivity index (χ1v) is 7.78. The van der Waals surface area contributed by atoms with E-state index in [1.807, 2.05) is 12.1 Å². The molecular formula is C18H21N3O2. The molecule has 0 unspecified atom stereocenters. The van der Waals surface area contributed by atoms with Gasteiger partial charge in [-0.15, -0.1) is 0 Å². The van der Waals surface area contributed by atoms with Gasteiger partial charge in [0.15, 0.2) is 0 Å². The third kappa shape index (κ3) is 3.68. The molecule has 1 aromatic carbocycles. The number of esters is 1. The fourth-order valence-corrected chi connectivity index (χ4v) is 3.01. The summed E-state index contributed by atoms with van der Waals surface area (Å²) < 4.78 is 4.70. The summed E-state index contributed by atoms with van der Waals surface area (Å²) >= 11 is 0. The third-order valence-electron chi connectivity index (χ3n) is 4.21. The van der Waals surface area contributed by atoms with Gasteiger partial charge in [-0.1, -0.05) is 30.3 Å². The second-order valence-corrected chi connectivity index (χ2v) is 5.92. The van der Waals surface area contributed by atoms with Gasteiger partial charge in [0.1, 0.15) is 5.82 Å². The molecule has 0 radical (unpaired) electrons. The van der Waals surface area contributed by atoms with Gasteiger partial charge < -0.3 is 15.4 Å². The van der Waals surface area contributed by atoms with Gasteiger partial charge in [-0.05, 0) is 37.1 Å². The Bertz CT molecular complexity index is 650. The average molecular weight is 311 g/mol. The lowest BCUT2D eigenvalue weighted by Crippen LogP contribution is -2.43. The molecule has 5 heteroatoms. The molecule has 2 N–H and O–H groups in total. The van der Waals surface area contributed by atoms with Crippen molar-refractivity contribution in [2.24, 2.45) is 0 Å². The van der Waals surface area contributed by atoms with E-state index < -0.39 is 0 Å². The normalized spacial score (nSPS) is 20.2. The topological polar surface area (TPSA) is 63.2 Å². The highest BCUT2D eigenvalue weighted by molar-refractivity contribution is 5.89. The first kappa shape index (κ1) is 15.5. The van der Waals surface area contributed by atoms with E-state index in [2.05, 4.69) is 39.9 Å². The van der Waals surface area contributed by atoms with Crippen molar-refractivity contribution in [3.63, 3.8) is 0 Å². The Kier molecular flexibility index (Phi) is 4.57. The fourth-order valence-electron chi connectivity index (χ4n) is 3.01. The van der Waals surface area contributed by atoms with Gasteiger partial charge >= 0.3 is 5.97 Å². The van der Waals surface area contributed by atoms with Crippen LogP contribution in [-0.4, -0.2) is 36.7 Å². The van der Waals surface area contributed by atoms with Crippen LogP contribution in [0.15, 0.2) is 48.7 Å². The highest BCUT2D eigenvalue weighted by Gasteiger charge is 2.34. The van der Waals surface area contributed by atoms with E-state index in [1.54, 1.807) is 12.3 Å². The predicted octanol–water partition coefficient (Wildman–Crippen LogP) is 2.25. The summed E-state index contributed by atoms with van der Waals surface area (Å²) in [6.45, 7) is 1.88. The summed E-state index contributed by atoms with van der Waals surface area (Å²) in [5.74, 6) is 0.405. The molecule has 2 heterocycles. The van der Waals surface area contributed by atoms with Gasteiger partial charge in [0.05, 0.1) is 18.2 Å².